The van der Waals surface area contributed by atoms with Crippen LogP contribution in [0.1, 0.15) is 5.89 Å². The second-order valence-electron chi connectivity index (χ2n) is 4.36. The summed E-state index contributed by atoms with van der Waals surface area (Å²) in [5.74, 6) is 1.18. The van der Waals surface area contributed by atoms with Crippen molar-refractivity contribution in [1.82, 2.24) is 15.5 Å². The molecule has 0 spiro atoms. The average molecular weight is 268 g/mol. The Bertz CT molecular complexity index is 568. The van der Waals surface area contributed by atoms with Crippen LogP contribution in [-0.2, 0) is 6.42 Å². The van der Waals surface area contributed by atoms with Crippen LogP contribution in [0.3, 0.4) is 0 Å². The summed E-state index contributed by atoms with van der Waals surface area (Å²) in [6.45, 7) is 1.96. The van der Waals surface area contributed by atoms with Crippen LogP contribution in [0.4, 0.5) is 4.39 Å². The molecular formula is C12H11ClFN3O. The number of nitrogens with one attached hydrogen (secondary N) is 1. The number of hydrogen-bond donors (Lipinski definition) is 1. The lowest BCUT2D eigenvalue weighted by Gasteiger charge is -2.25. The molecule has 1 fully saturated rings. The van der Waals surface area contributed by atoms with Crippen LogP contribution in [-0.4, -0.2) is 23.2 Å². The van der Waals surface area contributed by atoms with E-state index in [1.54, 1.807) is 6.07 Å². The van der Waals surface area contributed by atoms with Gasteiger partial charge in [0.2, 0.25) is 11.7 Å². The quantitative estimate of drug-likeness (QED) is 0.927. The van der Waals surface area contributed by atoms with Gasteiger partial charge in [-0.1, -0.05) is 16.8 Å². The molecule has 4 nitrogen and oxygen atoms in total. The third-order valence-corrected chi connectivity index (χ3v) is 3.28. The first-order valence-electron chi connectivity index (χ1n) is 5.71. The summed E-state index contributed by atoms with van der Waals surface area (Å²) in [6.07, 6.45) is 0.763. The zero-order valence-corrected chi connectivity index (χ0v) is 10.2. The summed E-state index contributed by atoms with van der Waals surface area (Å²) >= 11 is 5.95. The Kier molecular flexibility index (Phi) is 3.01. The maximum absolute atomic E-state index is 12.9. The summed E-state index contributed by atoms with van der Waals surface area (Å²) in [4.78, 5) is 4.28. The van der Waals surface area contributed by atoms with Gasteiger partial charge in [0.05, 0.1) is 5.02 Å². The van der Waals surface area contributed by atoms with E-state index in [1.165, 1.54) is 12.1 Å². The Morgan fingerprint density at radius 1 is 1.44 bits per heavy atom. The highest BCUT2D eigenvalue weighted by molar-refractivity contribution is 6.33. The second-order valence-corrected chi connectivity index (χ2v) is 4.77. The largest absolute Gasteiger partial charge is 0.339 e. The van der Waals surface area contributed by atoms with Crippen molar-refractivity contribution in [2.75, 3.05) is 13.1 Å². The number of aromatic nitrogens is 2. The van der Waals surface area contributed by atoms with Gasteiger partial charge >= 0.3 is 0 Å². The molecule has 0 aliphatic carbocycles. The van der Waals surface area contributed by atoms with E-state index in [0.717, 1.165) is 19.5 Å². The highest BCUT2D eigenvalue weighted by atomic mass is 35.5. The van der Waals surface area contributed by atoms with Gasteiger partial charge in [-0.05, 0) is 37.2 Å². The van der Waals surface area contributed by atoms with Gasteiger partial charge in [-0.15, -0.1) is 0 Å². The molecule has 2 heterocycles. The monoisotopic (exact) mass is 267 g/mol. The lowest BCUT2D eigenvalue weighted by atomic mass is 10.00. The Hall–Kier alpha value is -1.46. The first-order chi connectivity index (χ1) is 8.72. The number of hydrogen-bond acceptors (Lipinski definition) is 4. The molecule has 0 atom stereocenters. The van der Waals surface area contributed by atoms with Gasteiger partial charge < -0.3 is 9.84 Å². The van der Waals surface area contributed by atoms with Crippen molar-refractivity contribution in [2.45, 2.75) is 6.42 Å². The summed E-state index contributed by atoms with van der Waals surface area (Å²) in [5, 5.41) is 7.34. The molecule has 1 aliphatic rings. The Labute approximate surface area is 108 Å². The van der Waals surface area contributed by atoms with Gasteiger partial charge in [0.25, 0.3) is 0 Å². The molecule has 6 heteroatoms. The molecule has 1 aromatic carbocycles. The average Bonchev–Trinajstić information content (AvgIpc) is 2.72. The van der Waals surface area contributed by atoms with Gasteiger partial charge in [0, 0.05) is 12.0 Å². The fourth-order valence-corrected chi connectivity index (χ4v) is 2.11. The van der Waals surface area contributed by atoms with Gasteiger partial charge in [-0.2, -0.15) is 4.98 Å². The molecule has 3 rings (SSSR count). The number of nitrogens with zero attached hydrogens (tertiary/aromatic N) is 2. The van der Waals surface area contributed by atoms with E-state index in [9.17, 15) is 4.39 Å². The SMILES string of the molecule is Fc1ccc(-c2noc(CC3CNC3)n2)c(Cl)c1. The van der Waals surface area contributed by atoms with Crippen LogP contribution >= 0.6 is 11.6 Å². The van der Waals surface area contributed by atoms with Crippen LogP contribution in [0, 0.1) is 11.7 Å². The minimum Gasteiger partial charge on any atom is -0.339 e. The standard InChI is InChI=1S/C12H11ClFN3O/c13-10-4-8(14)1-2-9(10)12-16-11(18-17-12)3-7-5-15-6-7/h1-2,4,7,15H,3,5-6H2. The molecule has 0 radical (unpaired) electrons. The van der Waals surface area contributed by atoms with Gasteiger partial charge in [0.15, 0.2) is 0 Å². The van der Waals surface area contributed by atoms with Crippen LogP contribution in [0.15, 0.2) is 22.7 Å². The molecule has 2 aromatic rings. The zero-order chi connectivity index (χ0) is 12.5. The second kappa shape index (κ2) is 4.66. The molecule has 1 aromatic heterocycles. The van der Waals surface area contributed by atoms with Crippen molar-refractivity contribution in [3.05, 3.63) is 34.9 Å². The fraction of sp³-hybridized carbons (Fsp3) is 0.333. The highest BCUT2D eigenvalue weighted by Gasteiger charge is 2.21. The van der Waals surface area contributed by atoms with Crippen LogP contribution < -0.4 is 5.32 Å². The maximum Gasteiger partial charge on any atom is 0.227 e. The first kappa shape index (κ1) is 11.6. The minimum absolute atomic E-state index is 0.285. The number of halogens is 2. The lowest BCUT2D eigenvalue weighted by molar-refractivity contribution is 0.296. The van der Waals surface area contributed by atoms with Crippen LogP contribution in [0.25, 0.3) is 11.4 Å². The van der Waals surface area contributed by atoms with Gasteiger partial charge in [0.1, 0.15) is 5.82 Å². The summed E-state index contributed by atoms with van der Waals surface area (Å²) in [7, 11) is 0. The molecule has 94 valence electrons. The molecule has 1 saturated heterocycles. The number of rotatable bonds is 3. The predicted octanol–water partition coefficient (Wildman–Crippen LogP) is 2.29. The van der Waals surface area contributed by atoms with Crippen molar-refractivity contribution in [1.29, 1.82) is 0 Å². The topological polar surface area (TPSA) is 51.0 Å². The van der Waals surface area contributed by atoms with Crippen molar-refractivity contribution in [3.63, 3.8) is 0 Å². The zero-order valence-electron chi connectivity index (χ0n) is 9.49. The fourth-order valence-electron chi connectivity index (χ4n) is 1.86. The van der Waals surface area contributed by atoms with E-state index in [4.69, 9.17) is 16.1 Å². The molecule has 0 unspecified atom stereocenters. The molecule has 1 aliphatic heterocycles. The Morgan fingerprint density at radius 3 is 2.94 bits per heavy atom. The molecule has 0 bridgehead atoms. The van der Waals surface area contributed by atoms with Crippen molar-refractivity contribution in [3.8, 4) is 11.4 Å². The summed E-state index contributed by atoms with van der Waals surface area (Å²) in [6, 6.07) is 4.12. The normalized spacial score (nSPS) is 15.7. The van der Waals surface area contributed by atoms with Gasteiger partial charge in [-0.3, -0.25) is 0 Å². The smallest absolute Gasteiger partial charge is 0.227 e. The molecular weight excluding hydrogens is 257 g/mol. The van der Waals surface area contributed by atoms with E-state index in [0.29, 0.717) is 23.2 Å². The Morgan fingerprint density at radius 2 is 2.28 bits per heavy atom. The molecule has 18 heavy (non-hydrogen) atoms. The van der Waals surface area contributed by atoms with Gasteiger partial charge in [-0.25, -0.2) is 4.39 Å². The number of benzene rings is 1. The third kappa shape index (κ3) is 2.23. The lowest BCUT2D eigenvalue weighted by Crippen LogP contribution is -2.43. The highest BCUT2D eigenvalue weighted by Crippen LogP contribution is 2.26. The first-order valence-corrected chi connectivity index (χ1v) is 6.09. The molecule has 1 N–H and O–H groups in total. The van der Waals surface area contributed by atoms with Crippen LogP contribution in [0.2, 0.25) is 5.02 Å². The molecule has 0 amide bonds. The maximum atomic E-state index is 12.9. The van der Waals surface area contributed by atoms with E-state index in [2.05, 4.69) is 15.5 Å². The van der Waals surface area contributed by atoms with E-state index >= 15 is 0 Å². The molecule has 0 saturated carbocycles. The van der Waals surface area contributed by atoms with Crippen molar-refractivity contribution < 1.29 is 8.91 Å². The van der Waals surface area contributed by atoms with Crippen molar-refractivity contribution in [2.24, 2.45) is 5.92 Å². The third-order valence-electron chi connectivity index (χ3n) is 2.97. The predicted molar refractivity (Wildman–Crippen MR) is 64.8 cm³/mol. The van der Waals surface area contributed by atoms with E-state index in [1.807, 2.05) is 0 Å². The minimum atomic E-state index is -0.381. The summed E-state index contributed by atoms with van der Waals surface area (Å²) in [5.41, 5.74) is 0.583. The summed E-state index contributed by atoms with van der Waals surface area (Å²) < 4.78 is 18.1. The van der Waals surface area contributed by atoms with Crippen LogP contribution in [0.5, 0.6) is 0 Å². The van der Waals surface area contributed by atoms with E-state index in [-0.39, 0.29) is 10.8 Å². The van der Waals surface area contributed by atoms with Crippen molar-refractivity contribution >= 4 is 11.6 Å². The Balaban J connectivity index is 1.83. The van der Waals surface area contributed by atoms with E-state index < -0.39 is 0 Å².